The highest BCUT2D eigenvalue weighted by atomic mass is 19.1. The minimum Gasteiger partial charge on any atom is -0.497 e. The molecule has 0 aliphatic carbocycles. The molecule has 0 saturated heterocycles. The lowest BCUT2D eigenvalue weighted by Crippen LogP contribution is -2.23. The smallest absolute Gasteiger partial charge is 0.248 e. The minimum absolute atomic E-state index is 0.185. The first kappa shape index (κ1) is 18.2. The predicted molar refractivity (Wildman–Crippen MR) is 94.7 cm³/mol. The molecule has 2 aromatic carbocycles. The number of ether oxygens (including phenoxy) is 1. The van der Waals surface area contributed by atoms with Crippen molar-refractivity contribution in [3.05, 3.63) is 59.9 Å². The summed E-state index contributed by atoms with van der Waals surface area (Å²) in [6, 6.07) is 10.6. The van der Waals surface area contributed by atoms with Crippen LogP contribution in [0, 0.1) is 5.82 Å². The number of methoxy groups -OCH3 is 1. The van der Waals surface area contributed by atoms with Crippen LogP contribution >= 0.6 is 0 Å². The summed E-state index contributed by atoms with van der Waals surface area (Å²) >= 11 is 0. The Balaban J connectivity index is 2.13. The van der Waals surface area contributed by atoms with Gasteiger partial charge in [-0.1, -0.05) is 12.1 Å². The molecule has 0 saturated carbocycles. The molecular weight excluding hydrogens is 325 g/mol. The molecule has 2 rings (SSSR count). The normalized spacial score (nSPS) is 10.5. The molecule has 0 spiro atoms. The second-order valence-electron chi connectivity index (χ2n) is 5.04. The Hall–Kier alpha value is -3.19. The van der Waals surface area contributed by atoms with Gasteiger partial charge in [-0.2, -0.15) is 0 Å². The van der Waals surface area contributed by atoms with Crippen molar-refractivity contribution >= 4 is 29.3 Å². The molecule has 0 fully saturated rings. The van der Waals surface area contributed by atoms with E-state index in [0.717, 1.165) is 0 Å². The van der Waals surface area contributed by atoms with E-state index in [1.807, 2.05) is 0 Å². The van der Waals surface area contributed by atoms with Crippen molar-refractivity contribution in [2.75, 3.05) is 24.3 Å². The molecule has 130 valence electrons. The van der Waals surface area contributed by atoms with Crippen molar-refractivity contribution in [3.63, 3.8) is 0 Å². The highest BCUT2D eigenvalue weighted by molar-refractivity contribution is 6.05. The van der Waals surface area contributed by atoms with Crippen LogP contribution in [0.5, 0.6) is 5.75 Å². The summed E-state index contributed by atoms with van der Waals surface area (Å²) in [5.41, 5.74) is 6.75. The zero-order chi connectivity index (χ0) is 18.2. The van der Waals surface area contributed by atoms with Gasteiger partial charge in [-0.25, -0.2) is 4.39 Å². The number of anilines is 2. The number of nitrogens with one attached hydrogen (secondary N) is 2. The van der Waals surface area contributed by atoms with Gasteiger partial charge in [0.1, 0.15) is 11.6 Å². The molecule has 4 N–H and O–H groups in total. The van der Waals surface area contributed by atoms with Gasteiger partial charge < -0.3 is 21.1 Å². The summed E-state index contributed by atoms with van der Waals surface area (Å²) < 4.78 is 18.0. The van der Waals surface area contributed by atoms with Crippen molar-refractivity contribution < 1.29 is 18.7 Å². The van der Waals surface area contributed by atoms with Crippen LogP contribution in [0.4, 0.5) is 15.8 Å². The van der Waals surface area contributed by atoms with Crippen LogP contribution in [0.25, 0.3) is 6.08 Å². The molecule has 0 aliphatic heterocycles. The maximum absolute atomic E-state index is 12.9. The summed E-state index contributed by atoms with van der Waals surface area (Å²) in [6.07, 6.45) is 2.86. The number of rotatable bonds is 6. The second kappa shape index (κ2) is 8.60. The molecule has 0 unspecified atom stereocenters. The average molecular weight is 343 g/mol. The lowest BCUT2D eigenvalue weighted by molar-refractivity contribution is -0.115. The van der Waals surface area contributed by atoms with Crippen LogP contribution < -0.4 is 21.1 Å². The fraction of sp³-hybridized carbons (Fsp3) is 0.111. The van der Waals surface area contributed by atoms with Gasteiger partial charge in [0.2, 0.25) is 11.8 Å². The monoisotopic (exact) mass is 343 g/mol. The Labute approximate surface area is 144 Å². The fourth-order valence-corrected chi connectivity index (χ4v) is 1.98. The summed E-state index contributed by atoms with van der Waals surface area (Å²) in [7, 11) is 1.49. The summed E-state index contributed by atoms with van der Waals surface area (Å²) in [6.45, 7) is -0.185. The van der Waals surface area contributed by atoms with E-state index >= 15 is 0 Å². The first-order chi connectivity index (χ1) is 12.0. The van der Waals surface area contributed by atoms with E-state index < -0.39 is 11.8 Å². The number of benzene rings is 2. The SMILES string of the molecule is COc1ccc(NC(=O)/C=C/c2ccc(F)cc2)c(NC(=O)CN)c1. The number of carbonyl (C=O) groups excluding carboxylic acids is 2. The highest BCUT2D eigenvalue weighted by Gasteiger charge is 2.09. The Morgan fingerprint density at radius 1 is 1.12 bits per heavy atom. The minimum atomic E-state index is -0.405. The third-order valence-electron chi connectivity index (χ3n) is 3.24. The van der Waals surface area contributed by atoms with Gasteiger partial charge in [-0.15, -0.1) is 0 Å². The van der Waals surface area contributed by atoms with Crippen molar-refractivity contribution in [1.29, 1.82) is 0 Å². The molecule has 0 atom stereocenters. The lowest BCUT2D eigenvalue weighted by atomic mass is 10.2. The van der Waals surface area contributed by atoms with Gasteiger partial charge in [-0.3, -0.25) is 9.59 Å². The number of halogens is 1. The first-order valence-corrected chi connectivity index (χ1v) is 7.44. The van der Waals surface area contributed by atoms with Gasteiger partial charge in [0.15, 0.2) is 0 Å². The molecule has 0 heterocycles. The molecule has 6 nitrogen and oxygen atoms in total. The third kappa shape index (κ3) is 5.43. The topological polar surface area (TPSA) is 93.5 Å². The van der Waals surface area contributed by atoms with Crippen LogP contribution in [-0.4, -0.2) is 25.5 Å². The van der Waals surface area contributed by atoms with E-state index in [4.69, 9.17) is 10.5 Å². The molecule has 25 heavy (non-hydrogen) atoms. The largest absolute Gasteiger partial charge is 0.497 e. The second-order valence-corrected chi connectivity index (χ2v) is 5.04. The van der Waals surface area contributed by atoms with Crippen molar-refractivity contribution in [2.24, 2.45) is 5.73 Å². The number of hydrogen-bond donors (Lipinski definition) is 3. The zero-order valence-electron chi connectivity index (χ0n) is 13.6. The Kier molecular flexibility index (Phi) is 6.25. The van der Waals surface area contributed by atoms with E-state index in [0.29, 0.717) is 22.7 Å². The van der Waals surface area contributed by atoms with Crippen LogP contribution in [0.15, 0.2) is 48.5 Å². The van der Waals surface area contributed by atoms with Gasteiger partial charge in [-0.05, 0) is 35.9 Å². The Morgan fingerprint density at radius 2 is 1.84 bits per heavy atom. The van der Waals surface area contributed by atoms with Gasteiger partial charge in [0, 0.05) is 12.1 Å². The molecule has 0 aliphatic rings. The fourth-order valence-electron chi connectivity index (χ4n) is 1.98. The molecule has 0 radical (unpaired) electrons. The maximum atomic E-state index is 12.9. The van der Waals surface area contributed by atoms with Gasteiger partial charge in [0.25, 0.3) is 0 Å². The molecule has 2 amide bonds. The molecule has 0 bridgehead atoms. The van der Waals surface area contributed by atoms with Crippen molar-refractivity contribution in [2.45, 2.75) is 0 Å². The standard InChI is InChI=1S/C18H18FN3O3/c1-25-14-7-8-15(16(10-14)22-18(24)11-20)21-17(23)9-4-12-2-5-13(19)6-3-12/h2-10H,11,20H2,1H3,(H,21,23)(H,22,24)/b9-4+. The average Bonchev–Trinajstić information content (AvgIpc) is 2.62. The molecule has 0 aromatic heterocycles. The Morgan fingerprint density at radius 3 is 2.48 bits per heavy atom. The number of carbonyl (C=O) groups is 2. The Bertz CT molecular complexity index is 789. The summed E-state index contributed by atoms with van der Waals surface area (Å²) in [5, 5.41) is 5.26. The van der Waals surface area contributed by atoms with Crippen LogP contribution in [0.1, 0.15) is 5.56 Å². The van der Waals surface area contributed by atoms with Crippen LogP contribution in [0.2, 0.25) is 0 Å². The highest BCUT2D eigenvalue weighted by Crippen LogP contribution is 2.27. The van der Waals surface area contributed by atoms with Gasteiger partial charge in [0.05, 0.1) is 25.0 Å². The molecule has 2 aromatic rings. The summed E-state index contributed by atoms with van der Waals surface area (Å²) in [5.74, 6) is -0.629. The van der Waals surface area contributed by atoms with E-state index in [9.17, 15) is 14.0 Å². The van der Waals surface area contributed by atoms with E-state index in [1.54, 1.807) is 36.4 Å². The van der Waals surface area contributed by atoms with Crippen LogP contribution in [0.3, 0.4) is 0 Å². The third-order valence-corrected chi connectivity index (χ3v) is 3.24. The number of amides is 2. The maximum Gasteiger partial charge on any atom is 0.248 e. The van der Waals surface area contributed by atoms with E-state index in [2.05, 4.69) is 10.6 Å². The zero-order valence-corrected chi connectivity index (χ0v) is 13.6. The number of nitrogens with two attached hydrogens (primary N) is 1. The predicted octanol–water partition coefficient (Wildman–Crippen LogP) is 2.38. The van der Waals surface area contributed by atoms with E-state index in [1.165, 1.54) is 25.3 Å². The van der Waals surface area contributed by atoms with Gasteiger partial charge >= 0.3 is 0 Å². The van der Waals surface area contributed by atoms with E-state index in [-0.39, 0.29) is 12.4 Å². The molecular formula is C18H18FN3O3. The lowest BCUT2D eigenvalue weighted by Gasteiger charge is -2.12. The van der Waals surface area contributed by atoms with Crippen LogP contribution in [-0.2, 0) is 9.59 Å². The number of hydrogen-bond acceptors (Lipinski definition) is 4. The van der Waals surface area contributed by atoms with Crippen molar-refractivity contribution in [3.8, 4) is 5.75 Å². The quantitative estimate of drug-likeness (QED) is 0.702. The molecule has 7 heteroatoms. The summed E-state index contributed by atoms with van der Waals surface area (Å²) in [4.78, 5) is 23.6. The first-order valence-electron chi connectivity index (χ1n) is 7.44. The van der Waals surface area contributed by atoms with Crippen molar-refractivity contribution in [1.82, 2.24) is 0 Å².